The molecule has 19 heavy (non-hydrogen) atoms. The molecule has 0 heterocycles. The second kappa shape index (κ2) is 5.79. The fourth-order valence-corrected chi connectivity index (χ4v) is 3.07. The van der Waals surface area contributed by atoms with E-state index in [-0.39, 0.29) is 4.90 Å². The molecule has 1 saturated carbocycles. The zero-order valence-corrected chi connectivity index (χ0v) is 11.7. The molecular formula is C13H21N3O2S. The van der Waals surface area contributed by atoms with E-state index in [1.165, 1.54) is 44.2 Å². The van der Waals surface area contributed by atoms with E-state index >= 15 is 0 Å². The first kappa shape index (κ1) is 14.1. The number of sulfonamides is 1. The normalized spacial score (nSPS) is 17.3. The molecule has 0 amide bonds. The third-order valence-corrected chi connectivity index (χ3v) is 4.57. The smallest absolute Gasteiger partial charge is 0.238 e. The SMILES string of the molecule is Nc1cc(S(N)(=O)=O)ccc1NCC1CCCCC1. The highest BCUT2D eigenvalue weighted by Crippen LogP contribution is 2.26. The lowest BCUT2D eigenvalue weighted by Crippen LogP contribution is -2.18. The average molecular weight is 283 g/mol. The molecule has 1 aliphatic rings. The van der Waals surface area contributed by atoms with E-state index in [2.05, 4.69) is 5.32 Å². The first-order valence-electron chi connectivity index (χ1n) is 6.63. The van der Waals surface area contributed by atoms with E-state index in [1.54, 1.807) is 6.07 Å². The van der Waals surface area contributed by atoms with Crippen LogP contribution in [0.15, 0.2) is 23.1 Å². The molecule has 0 unspecified atom stereocenters. The van der Waals surface area contributed by atoms with Crippen LogP contribution in [0.3, 0.4) is 0 Å². The van der Waals surface area contributed by atoms with Crippen molar-refractivity contribution in [2.45, 2.75) is 37.0 Å². The van der Waals surface area contributed by atoms with Gasteiger partial charge in [0.25, 0.3) is 0 Å². The Morgan fingerprint density at radius 2 is 1.89 bits per heavy atom. The molecule has 1 aromatic rings. The molecule has 0 saturated heterocycles. The summed E-state index contributed by atoms with van der Waals surface area (Å²) in [6.45, 7) is 0.888. The summed E-state index contributed by atoms with van der Waals surface area (Å²) < 4.78 is 22.4. The van der Waals surface area contributed by atoms with Gasteiger partial charge in [-0.05, 0) is 37.0 Å². The van der Waals surface area contributed by atoms with E-state index in [4.69, 9.17) is 10.9 Å². The van der Waals surface area contributed by atoms with Gasteiger partial charge in [0.1, 0.15) is 0 Å². The maximum absolute atomic E-state index is 11.2. The average Bonchev–Trinajstić information content (AvgIpc) is 2.37. The molecule has 0 aliphatic heterocycles. The quantitative estimate of drug-likeness (QED) is 0.735. The van der Waals surface area contributed by atoms with Crippen molar-refractivity contribution in [2.75, 3.05) is 17.6 Å². The van der Waals surface area contributed by atoms with Gasteiger partial charge in [-0.1, -0.05) is 19.3 Å². The molecule has 0 bridgehead atoms. The predicted molar refractivity (Wildman–Crippen MR) is 77.3 cm³/mol. The van der Waals surface area contributed by atoms with Crippen LogP contribution in [0.4, 0.5) is 11.4 Å². The summed E-state index contributed by atoms with van der Waals surface area (Å²) >= 11 is 0. The number of nitrogens with one attached hydrogen (secondary N) is 1. The number of primary sulfonamides is 1. The van der Waals surface area contributed by atoms with Crippen LogP contribution in [0, 0.1) is 5.92 Å². The van der Waals surface area contributed by atoms with Crippen LogP contribution < -0.4 is 16.2 Å². The molecule has 5 nitrogen and oxygen atoms in total. The fourth-order valence-electron chi connectivity index (χ4n) is 2.52. The van der Waals surface area contributed by atoms with E-state index in [1.807, 2.05) is 0 Å². The monoisotopic (exact) mass is 283 g/mol. The van der Waals surface area contributed by atoms with Crippen molar-refractivity contribution in [1.29, 1.82) is 0 Å². The summed E-state index contributed by atoms with van der Waals surface area (Å²) in [5.41, 5.74) is 7.05. The number of nitrogens with two attached hydrogens (primary N) is 2. The predicted octanol–water partition coefficient (Wildman–Crippen LogP) is 1.91. The summed E-state index contributed by atoms with van der Waals surface area (Å²) in [4.78, 5) is 0.0493. The lowest BCUT2D eigenvalue weighted by molar-refractivity contribution is 0.373. The van der Waals surface area contributed by atoms with Crippen molar-refractivity contribution in [2.24, 2.45) is 11.1 Å². The molecule has 0 spiro atoms. The van der Waals surface area contributed by atoms with E-state index < -0.39 is 10.0 Å². The highest BCUT2D eigenvalue weighted by Gasteiger charge is 2.14. The molecule has 106 valence electrons. The van der Waals surface area contributed by atoms with Gasteiger partial charge < -0.3 is 11.1 Å². The Labute approximate surface area is 114 Å². The third-order valence-electron chi connectivity index (χ3n) is 3.66. The van der Waals surface area contributed by atoms with Gasteiger partial charge in [-0.2, -0.15) is 0 Å². The van der Waals surface area contributed by atoms with Gasteiger partial charge >= 0.3 is 0 Å². The Balaban J connectivity index is 2.01. The zero-order valence-electron chi connectivity index (χ0n) is 10.9. The van der Waals surface area contributed by atoms with Crippen molar-refractivity contribution in [3.05, 3.63) is 18.2 Å². The minimum Gasteiger partial charge on any atom is -0.397 e. The van der Waals surface area contributed by atoms with Crippen molar-refractivity contribution >= 4 is 21.4 Å². The van der Waals surface area contributed by atoms with Crippen molar-refractivity contribution < 1.29 is 8.42 Å². The summed E-state index contributed by atoms with van der Waals surface area (Å²) in [7, 11) is -3.69. The second-order valence-electron chi connectivity index (χ2n) is 5.18. The van der Waals surface area contributed by atoms with Crippen LogP contribution in [0.25, 0.3) is 0 Å². The Hall–Kier alpha value is -1.27. The van der Waals surface area contributed by atoms with E-state index in [0.29, 0.717) is 11.6 Å². The van der Waals surface area contributed by atoms with Crippen molar-refractivity contribution in [3.63, 3.8) is 0 Å². The highest BCUT2D eigenvalue weighted by atomic mass is 32.2. The zero-order chi connectivity index (χ0) is 13.9. The van der Waals surface area contributed by atoms with Gasteiger partial charge in [-0.15, -0.1) is 0 Å². The lowest BCUT2D eigenvalue weighted by atomic mass is 9.89. The van der Waals surface area contributed by atoms with Gasteiger partial charge in [0, 0.05) is 6.54 Å². The van der Waals surface area contributed by atoms with Crippen molar-refractivity contribution in [1.82, 2.24) is 0 Å². The number of anilines is 2. The third kappa shape index (κ3) is 3.84. The number of rotatable bonds is 4. The maximum atomic E-state index is 11.2. The summed E-state index contributed by atoms with van der Waals surface area (Å²) in [6, 6.07) is 4.56. The number of hydrogen-bond donors (Lipinski definition) is 3. The fraction of sp³-hybridized carbons (Fsp3) is 0.538. The number of nitrogen functional groups attached to an aromatic ring is 1. The van der Waals surface area contributed by atoms with Gasteiger partial charge in [-0.3, -0.25) is 0 Å². The van der Waals surface area contributed by atoms with Gasteiger partial charge in [0.2, 0.25) is 10.0 Å². The molecule has 5 N–H and O–H groups in total. The minimum atomic E-state index is -3.69. The lowest BCUT2D eigenvalue weighted by Gasteiger charge is -2.22. The molecule has 6 heteroatoms. The molecule has 1 aliphatic carbocycles. The molecule has 2 rings (SSSR count). The van der Waals surface area contributed by atoms with Crippen molar-refractivity contribution in [3.8, 4) is 0 Å². The summed E-state index contributed by atoms with van der Waals surface area (Å²) in [6.07, 6.45) is 6.43. The Morgan fingerprint density at radius 1 is 1.21 bits per heavy atom. The molecule has 0 radical (unpaired) electrons. The van der Waals surface area contributed by atoms with Gasteiger partial charge in [0.05, 0.1) is 16.3 Å². The first-order valence-corrected chi connectivity index (χ1v) is 8.17. The van der Waals surface area contributed by atoms with Gasteiger partial charge in [-0.25, -0.2) is 13.6 Å². The van der Waals surface area contributed by atoms with Gasteiger partial charge in [0.15, 0.2) is 0 Å². The maximum Gasteiger partial charge on any atom is 0.238 e. The van der Waals surface area contributed by atoms with Crippen LogP contribution in [-0.2, 0) is 10.0 Å². The largest absolute Gasteiger partial charge is 0.397 e. The Bertz CT molecular complexity index is 537. The Morgan fingerprint density at radius 3 is 2.47 bits per heavy atom. The molecule has 1 fully saturated rings. The summed E-state index contributed by atoms with van der Waals surface area (Å²) in [5, 5.41) is 8.36. The minimum absolute atomic E-state index is 0.0493. The van der Waals surface area contributed by atoms with Crippen LogP contribution in [0.5, 0.6) is 0 Å². The number of hydrogen-bond acceptors (Lipinski definition) is 4. The van der Waals surface area contributed by atoms with Crippen LogP contribution >= 0.6 is 0 Å². The molecule has 1 aromatic carbocycles. The van der Waals surface area contributed by atoms with E-state index in [9.17, 15) is 8.42 Å². The topological polar surface area (TPSA) is 98.2 Å². The van der Waals surface area contributed by atoms with Crippen LogP contribution in [-0.4, -0.2) is 15.0 Å². The van der Waals surface area contributed by atoms with Crippen LogP contribution in [0.1, 0.15) is 32.1 Å². The Kier molecular flexibility index (Phi) is 4.31. The summed E-state index contributed by atoms with van der Waals surface area (Å²) in [5.74, 6) is 0.686. The standard InChI is InChI=1S/C13H21N3O2S/c14-12-8-11(19(15,17)18)6-7-13(12)16-9-10-4-2-1-3-5-10/h6-8,10,16H,1-5,9,14H2,(H2,15,17,18). The molecule has 0 atom stereocenters. The molecule has 0 aromatic heterocycles. The number of benzene rings is 1. The van der Waals surface area contributed by atoms with E-state index in [0.717, 1.165) is 12.2 Å². The molecular weight excluding hydrogens is 262 g/mol. The second-order valence-corrected chi connectivity index (χ2v) is 6.74. The van der Waals surface area contributed by atoms with Crippen LogP contribution in [0.2, 0.25) is 0 Å². The highest BCUT2D eigenvalue weighted by molar-refractivity contribution is 7.89. The first-order chi connectivity index (χ1) is 8.97.